The van der Waals surface area contributed by atoms with Crippen LogP contribution < -0.4 is 21.7 Å². The summed E-state index contributed by atoms with van der Waals surface area (Å²) in [6.45, 7) is 8.78. The number of urea groups is 1. The van der Waals surface area contributed by atoms with Gasteiger partial charge < -0.3 is 21.7 Å². The highest BCUT2D eigenvalue weighted by molar-refractivity contribution is 7.18. The highest BCUT2D eigenvalue weighted by Gasteiger charge is 2.26. The van der Waals surface area contributed by atoms with E-state index in [9.17, 15) is 9.59 Å². The summed E-state index contributed by atoms with van der Waals surface area (Å²) < 4.78 is 1.09. The largest absolute Gasteiger partial charge is 0.350 e. The molecule has 1 heterocycles. The van der Waals surface area contributed by atoms with Crippen molar-refractivity contribution in [2.75, 3.05) is 13.6 Å². The molecule has 0 saturated carbocycles. The Labute approximate surface area is 176 Å². The van der Waals surface area contributed by atoms with Crippen molar-refractivity contribution in [2.45, 2.75) is 58.5 Å². The fraction of sp³-hybridized carbons (Fsp3) is 0.571. The molecule has 3 amide bonds. The van der Waals surface area contributed by atoms with Crippen LogP contribution in [0, 0.1) is 5.92 Å². The molecule has 29 heavy (non-hydrogen) atoms. The van der Waals surface area contributed by atoms with Crippen molar-refractivity contribution in [1.82, 2.24) is 20.9 Å². The number of nitrogens with two attached hydrogens (primary N) is 1. The molecule has 8 heteroatoms. The fourth-order valence-corrected chi connectivity index (χ4v) is 4.11. The number of benzene rings is 1. The maximum absolute atomic E-state index is 12.9. The molecule has 0 aliphatic heterocycles. The maximum Gasteiger partial charge on any atom is 0.315 e. The van der Waals surface area contributed by atoms with E-state index in [0.717, 1.165) is 21.6 Å². The van der Waals surface area contributed by atoms with Gasteiger partial charge in [0.2, 0.25) is 5.91 Å². The summed E-state index contributed by atoms with van der Waals surface area (Å²) in [6.07, 6.45) is 1.24. The number of carbonyl (C=O) groups excluding carboxylic acids is 2. The average Bonchev–Trinajstić information content (AvgIpc) is 3.11. The SMILES string of the molecule is CC[C@H](C)[C@@H](CN)NC(=O)C(Cc1nc2ccc(C(C)C)cc2s1)NC(=O)NC. The van der Waals surface area contributed by atoms with Crippen LogP contribution in [0.25, 0.3) is 10.2 Å². The molecule has 1 unspecified atom stereocenters. The Kier molecular flexibility index (Phi) is 8.40. The zero-order valence-corrected chi connectivity index (χ0v) is 18.7. The standard InChI is InChI=1S/C21H33N5O2S/c1-6-13(4)17(11-22)25-20(27)16(26-21(28)23-5)10-19-24-15-8-7-14(12(2)3)9-18(15)29-19/h7-9,12-13,16-17H,6,10-11,22H2,1-5H3,(H,25,27)(H2,23,26,28)/t13-,16?,17+/m0/s1. The van der Waals surface area contributed by atoms with Crippen LogP contribution in [0.2, 0.25) is 0 Å². The summed E-state index contributed by atoms with van der Waals surface area (Å²) in [5.74, 6) is 0.445. The van der Waals surface area contributed by atoms with Crippen LogP contribution >= 0.6 is 11.3 Å². The Morgan fingerprint density at radius 1 is 1.21 bits per heavy atom. The van der Waals surface area contributed by atoms with Crippen LogP contribution in [0.15, 0.2) is 18.2 Å². The quantitative estimate of drug-likeness (QED) is 0.501. The van der Waals surface area contributed by atoms with E-state index in [2.05, 4.69) is 60.8 Å². The van der Waals surface area contributed by atoms with Gasteiger partial charge in [-0.3, -0.25) is 4.79 Å². The first-order valence-corrected chi connectivity index (χ1v) is 11.0. The van der Waals surface area contributed by atoms with E-state index >= 15 is 0 Å². The summed E-state index contributed by atoms with van der Waals surface area (Å²) >= 11 is 1.56. The zero-order valence-electron chi connectivity index (χ0n) is 17.9. The van der Waals surface area contributed by atoms with Gasteiger partial charge in [-0.25, -0.2) is 9.78 Å². The van der Waals surface area contributed by atoms with Crippen LogP contribution in [-0.2, 0) is 11.2 Å². The van der Waals surface area contributed by atoms with E-state index < -0.39 is 12.1 Å². The molecule has 0 aliphatic rings. The normalized spacial score (nSPS) is 14.4. The van der Waals surface area contributed by atoms with Crippen LogP contribution in [0.3, 0.4) is 0 Å². The molecule has 0 radical (unpaired) electrons. The second-order valence-electron chi connectivity index (χ2n) is 7.71. The van der Waals surface area contributed by atoms with Gasteiger partial charge in [0, 0.05) is 26.1 Å². The van der Waals surface area contributed by atoms with Crippen LogP contribution in [0.1, 0.15) is 50.6 Å². The minimum atomic E-state index is -0.724. The van der Waals surface area contributed by atoms with Gasteiger partial charge in [-0.2, -0.15) is 0 Å². The first-order chi connectivity index (χ1) is 13.8. The first kappa shape index (κ1) is 23.1. The number of rotatable bonds is 9. The summed E-state index contributed by atoms with van der Waals surface area (Å²) in [5.41, 5.74) is 8.01. The molecule has 0 saturated heterocycles. The predicted octanol–water partition coefficient (Wildman–Crippen LogP) is 2.75. The van der Waals surface area contributed by atoms with E-state index in [4.69, 9.17) is 5.73 Å². The van der Waals surface area contributed by atoms with Crippen molar-refractivity contribution in [3.05, 3.63) is 28.8 Å². The lowest BCUT2D eigenvalue weighted by Crippen LogP contribution is -2.55. The van der Waals surface area contributed by atoms with E-state index in [1.807, 2.05) is 6.07 Å². The molecule has 1 aromatic heterocycles. The third-order valence-electron chi connectivity index (χ3n) is 5.26. The molecule has 5 N–H and O–H groups in total. The summed E-state index contributed by atoms with van der Waals surface area (Å²) in [7, 11) is 1.53. The minimum absolute atomic E-state index is 0.134. The van der Waals surface area contributed by atoms with Crippen molar-refractivity contribution in [1.29, 1.82) is 0 Å². The van der Waals surface area contributed by atoms with Crippen LogP contribution in [-0.4, -0.2) is 42.6 Å². The van der Waals surface area contributed by atoms with Gasteiger partial charge >= 0.3 is 6.03 Å². The van der Waals surface area contributed by atoms with Crippen LogP contribution in [0.4, 0.5) is 4.79 Å². The van der Waals surface area contributed by atoms with Crippen molar-refractivity contribution in [3.8, 4) is 0 Å². The number of carbonyl (C=O) groups is 2. The minimum Gasteiger partial charge on any atom is -0.350 e. The fourth-order valence-electron chi connectivity index (χ4n) is 3.05. The molecule has 1 aromatic carbocycles. The van der Waals surface area contributed by atoms with Gasteiger partial charge in [-0.15, -0.1) is 11.3 Å². The van der Waals surface area contributed by atoms with Gasteiger partial charge in [-0.05, 0) is 29.5 Å². The number of hydrogen-bond acceptors (Lipinski definition) is 5. The Balaban J connectivity index is 2.22. The number of thiazole rings is 1. The third kappa shape index (κ3) is 6.14. The highest BCUT2D eigenvalue weighted by Crippen LogP contribution is 2.27. The Morgan fingerprint density at radius 2 is 1.93 bits per heavy atom. The predicted molar refractivity (Wildman–Crippen MR) is 119 cm³/mol. The third-order valence-corrected chi connectivity index (χ3v) is 6.30. The smallest absolute Gasteiger partial charge is 0.315 e. The van der Waals surface area contributed by atoms with Crippen molar-refractivity contribution in [3.63, 3.8) is 0 Å². The van der Waals surface area contributed by atoms with E-state index in [1.54, 1.807) is 11.3 Å². The van der Waals surface area contributed by atoms with Gasteiger partial charge in [0.15, 0.2) is 0 Å². The second-order valence-corrected chi connectivity index (χ2v) is 8.82. The Bertz CT molecular complexity index is 836. The lowest BCUT2D eigenvalue weighted by atomic mass is 9.98. The van der Waals surface area contributed by atoms with E-state index in [1.165, 1.54) is 12.6 Å². The molecule has 160 valence electrons. The van der Waals surface area contributed by atoms with Gasteiger partial charge in [0.1, 0.15) is 6.04 Å². The number of amides is 3. The van der Waals surface area contributed by atoms with E-state index in [0.29, 0.717) is 18.9 Å². The van der Waals surface area contributed by atoms with Crippen molar-refractivity contribution >= 4 is 33.5 Å². The maximum atomic E-state index is 12.9. The molecule has 2 rings (SSSR count). The van der Waals surface area contributed by atoms with Crippen LogP contribution in [0.5, 0.6) is 0 Å². The molecular formula is C21H33N5O2S. The van der Waals surface area contributed by atoms with E-state index in [-0.39, 0.29) is 17.9 Å². The lowest BCUT2D eigenvalue weighted by Gasteiger charge is -2.25. The molecule has 3 atom stereocenters. The lowest BCUT2D eigenvalue weighted by molar-refractivity contribution is -0.123. The first-order valence-electron chi connectivity index (χ1n) is 10.2. The molecule has 0 aliphatic carbocycles. The van der Waals surface area contributed by atoms with Gasteiger partial charge in [0.05, 0.1) is 15.2 Å². The number of aromatic nitrogens is 1. The number of hydrogen-bond donors (Lipinski definition) is 4. The molecule has 0 spiro atoms. The van der Waals surface area contributed by atoms with Gasteiger partial charge in [0.25, 0.3) is 0 Å². The molecule has 2 aromatic rings. The highest BCUT2D eigenvalue weighted by atomic mass is 32.1. The zero-order chi connectivity index (χ0) is 21.6. The second kappa shape index (κ2) is 10.5. The molecule has 0 fully saturated rings. The molecule has 0 bridgehead atoms. The summed E-state index contributed by atoms with van der Waals surface area (Å²) in [4.78, 5) is 29.5. The summed E-state index contributed by atoms with van der Waals surface area (Å²) in [6, 6.07) is 4.99. The summed E-state index contributed by atoms with van der Waals surface area (Å²) in [5, 5.41) is 9.06. The Hall–Kier alpha value is -2.19. The van der Waals surface area contributed by atoms with Gasteiger partial charge in [-0.1, -0.05) is 40.2 Å². The molecular weight excluding hydrogens is 386 g/mol. The van der Waals surface area contributed by atoms with Crippen molar-refractivity contribution < 1.29 is 9.59 Å². The monoisotopic (exact) mass is 419 g/mol. The average molecular weight is 420 g/mol. The number of nitrogens with one attached hydrogen (secondary N) is 3. The number of nitrogens with zero attached hydrogens (tertiary/aromatic N) is 1. The topological polar surface area (TPSA) is 109 Å². The number of fused-ring (bicyclic) bond motifs is 1. The molecule has 7 nitrogen and oxygen atoms in total. The van der Waals surface area contributed by atoms with Crippen molar-refractivity contribution in [2.24, 2.45) is 11.7 Å². The Morgan fingerprint density at radius 3 is 2.52 bits per heavy atom.